The molecular formula is C16H26N2O2. The molecule has 112 valence electrons. The molecule has 4 heteroatoms. The number of nitrogens with one attached hydrogen (secondary N) is 1. The molecule has 2 aliphatic carbocycles. The molecule has 3 fully saturated rings. The number of piperidine rings is 1. The Hall–Kier alpha value is -1.06. The van der Waals surface area contributed by atoms with Gasteiger partial charge in [-0.05, 0) is 38.5 Å². The van der Waals surface area contributed by atoms with Gasteiger partial charge in [0.2, 0.25) is 11.8 Å². The molecule has 2 saturated carbocycles. The van der Waals surface area contributed by atoms with E-state index >= 15 is 0 Å². The van der Waals surface area contributed by atoms with Crippen molar-refractivity contribution in [3.05, 3.63) is 0 Å². The van der Waals surface area contributed by atoms with Crippen molar-refractivity contribution >= 4 is 11.8 Å². The average Bonchev–Trinajstić information content (AvgIpc) is 3.32. The first kappa shape index (κ1) is 13.9. The van der Waals surface area contributed by atoms with Crippen LogP contribution in [0.1, 0.15) is 57.8 Å². The van der Waals surface area contributed by atoms with Gasteiger partial charge in [-0.1, -0.05) is 19.3 Å². The molecule has 1 aliphatic heterocycles. The van der Waals surface area contributed by atoms with Gasteiger partial charge >= 0.3 is 0 Å². The topological polar surface area (TPSA) is 49.4 Å². The molecular weight excluding hydrogens is 252 g/mol. The predicted molar refractivity (Wildman–Crippen MR) is 77.0 cm³/mol. The van der Waals surface area contributed by atoms with Crippen LogP contribution in [-0.2, 0) is 9.59 Å². The molecule has 3 aliphatic rings. The molecule has 0 aromatic heterocycles. The quantitative estimate of drug-likeness (QED) is 0.859. The van der Waals surface area contributed by atoms with Gasteiger partial charge in [0.05, 0.1) is 5.92 Å². The van der Waals surface area contributed by atoms with Crippen LogP contribution in [0.3, 0.4) is 0 Å². The molecule has 4 nitrogen and oxygen atoms in total. The number of nitrogens with zero attached hydrogens (tertiary/aromatic N) is 1. The maximum Gasteiger partial charge on any atom is 0.225 e. The summed E-state index contributed by atoms with van der Waals surface area (Å²) in [4.78, 5) is 26.4. The highest BCUT2D eigenvalue weighted by molar-refractivity contribution is 5.83. The summed E-state index contributed by atoms with van der Waals surface area (Å²) in [5.41, 5.74) is 0. The van der Waals surface area contributed by atoms with E-state index in [1.165, 1.54) is 19.3 Å². The second-order valence-electron chi connectivity index (χ2n) is 6.74. The van der Waals surface area contributed by atoms with Gasteiger partial charge in [-0.25, -0.2) is 0 Å². The summed E-state index contributed by atoms with van der Waals surface area (Å²) in [6.07, 6.45) is 10.0. The number of hydrogen-bond acceptors (Lipinski definition) is 2. The fourth-order valence-electron chi connectivity index (χ4n) is 3.55. The molecule has 1 saturated heterocycles. The Labute approximate surface area is 121 Å². The summed E-state index contributed by atoms with van der Waals surface area (Å²) in [6.45, 7) is 1.50. The summed E-state index contributed by atoms with van der Waals surface area (Å²) < 4.78 is 0. The van der Waals surface area contributed by atoms with E-state index in [0.717, 1.165) is 45.1 Å². The lowest BCUT2D eigenvalue weighted by atomic mass is 9.93. The summed E-state index contributed by atoms with van der Waals surface area (Å²) in [6, 6.07) is 0.380. The van der Waals surface area contributed by atoms with Crippen molar-refractivity contribution in [2.45, 2.75) is 63.8 Å². The molecule has 0 radical (unpaired) electrons. The van der Waals surface area contributed by atoms with Gasteiger partial charge in [-0.2, -0.15) is 0 Å². The van der Waals surface area contributed by atoms with E-state index < -0.39 is 0 Å². The van der Waals surface area contributed by atoms with E-state index in [2.05, 4.69) is 5.32 Å². The highest BCUT2D eigenvalue weighted by Crippen LogP contribution is 2.32. The van der Waals surface area contributed by atoms with E-state index in [1.807, 2.05) is 4.90 Å². The van der Waals surface area contributed by atoms with E-state index in [1.54, 1.807) is 0 Å². The first-order valence-electron chi connectivity index (χ1n) is 8.33. The van der Waals surface area contributed by atoms with Crippen LogP contribution < -0.4 is 5.32 Å². The van der Waals surface area contributed by atoms with Gasteiger partial charge in [0.1, 0.15) is 0 Å². The SMILES string of the molecule is O=C(NC1CCCCC1)C1CCCN(C(=O)C2CC2)C1. The normalized spacial score (nSPS) is 28.2. The highest BCUT2D eigenvalue weighted by Gasteiger charge is 2.36. The minimum absolute atomic E-state index is 0.0216. The smallest absolute Gasteiger partial charge is 0.225 e. The predicted octanol–water partition coefficient (Wildman–Crippen LogP) is 2.08. The second kappa shape index (κ2) is 6.15. The summed E-state index contributed by atoms with van der Waals surface area (Å²) in [5, 5.41) is 3.22. The molecule has 0 aromatic rings. The Morgan fingerprint density at radius 2 is 1.60 bits per heavy atom. The average molecular weight is 278 g/mol. The second-order valence-corrected chi connectivity index (χ2v) is 6.74. The number of rotatable bonds is 3. The number of carbonyl (C=O) groups excluding carboxylic acids is 2. The fraction of sp³-hybridized carbons (Fsp3) is 0.875. The Bertz CT molecular complexity index is 373. The van der Waals surface area contributed by atoms with Crippen LogP contribution in [0.25, 0.3) is 0 Å². The van der Waals surface area contributed by atoms with Crippen molar-refractivity contribution < 1.29 is 9.59 Å². The van der Waals surface area contributed by atoms with Crippen molar-refractivity contribution in [3.8, 4) is 0 Å². The van der Waals surface area contributed by atoms with Crippen molar-refractivity contribution in [3.63, 3.8) is 0 Å². The molecule has 0 spiro atoms. The standard InChI is InChI=1S/C16H26N2O2/c19-15(17-14-6-2-1-3-7-14)13-5-4-10-18(11-13)16(20)12-8-9-12/h12-14H,1-11H2,(H,17,19). The van der Waals surface area contributed by atoms with Crippen LogP contribution >= 0.6 is 0 Å². The Morgan fingerprint density at radius 3 is 2.30 bits per heavy atom. The van der Waals surface area contributed by atoms with Crippen LogP contribution in [0, 0.1) is 11.8 Å². The van der Waals surface area contributed by atoms with Crippen LogP contribution in [-0.4, -0.2) is 35.8 Å². The molecule has 1 unspecified atom stereocenters. The highest BCUT2D eigenvalue weighted by atomic mass is 16.2. The van der Waals surface area contributed by atoms with Crippen LogP contribution in [0.2, 0.25) is 0 Å². The minimum atomic E-state index is 0.0216. The summed E-state index contributed by atoms with van der Waals surface area (Å²) in [5.74, 6) is 0.772. The van der Waals surface area contributed by atoms with Gasteiger partial charge in [0, 0.05) is 25.0 Å². The van der Waals surface area contributed by atoms with E-state index in [-0.39, 0.29) is 17.7 Å². The maximum absolute atomic E-state index is 12.4. The van der Waals surface area contributed by atoms with E-state index in [0.29, 0.717) is 18.5 Å². The number of likely N-dealkylation sites (tertiary alicyclic amines) is 1. The minimum Gasteiger partial charge on any atom is -0.353 e. The Balaban J connectivity index is 1.50. The van der Waals surface area contributed by atoms with Crippen LogP contribution in [0.4, 0.5) is 0 Å². The zero-order chi connectivity index (χ0) is 13.9. The molecule has 0 bridgehead atoms. The summed E-state index contributed by atoms with van der Waals surface area (Å²) in [7, 11) is 0. The fourth-order valence-corrected chi connectivity index (χ4v) is 3.55. The largest absolute Gasteiger partial charge is 0.353 e. The molecule has 1 heterocycles. The summed E-state index contributed by atoms with van der Waals surface area (Å²) >= 11 is 0. The van der Waals surface area contributed by atoms with E-state index in [4.69, 9.17) is 0 Å². The van der Waals surface area contributed by atoms with Crippen molar-refractivity contribution in [1.29, 1.82) is 0 Å². The van der Waals surface area contributed by atoms with Crippen molar-refractivity contribution in [1.82, 2.24) is 10.2 Å². The first-order chi connectivity index (χ1) is 9.74. The van der Waals surface area contributed by atoms with Gasteiger partial charge < -0.3 is 10.2 Å². The molecule has 2 amide bonds. The molecule has 1 atom stereocenters. The Kier molecular flexibility index (Phi) is 4.27. The number of hydrogen-bond donors (Lipinski definition) is 1. The van der Waals surface area contributed by atoms with Crippen molar-refractivity contribution in [2.24, 2.45) is 11.8 Å². The third kappa shape index (κ3) is 3.33. The third-order valence-corrected chi connectivity index (χ3v) is 4.98. The third-order valence-electron chi connectivity index (χ3n) is 4.98. The van der Waals surface area contributed by atoms with Gasteiger partial charge in [0.15, 0.2) is 0 Å². The molecule has 0 aromatic carbocycles. The Morgan fingerprint density at radius 1 is 0.850 bits per heavy atom. The lowest BCUT2D eigenvalue weighted by molar-refractivity contribution is -0.137. The van der Waals surface area contributed by atoms with Crippen LogP contribution in [0.5, 0.6) is 0 Å². The molecule has 20 heavy (non-hydrogen) atoms. The van der Waals surface area contributed by atoms with Gasteiger partial charge in [-0.15, -0.1) is 0 Å². The maximum atomic E-state index is 12.4. The number of amides is 2. The molecule has 1 N–H and O–H groups in total. The lowest BCUT2D eigenvalue weighted by Gasteiger charge is -2.33. The van der Waals surface area contributed by atoms with Gasteiger partial charge in [0.25, 0.3) is 0 Å². The lowest BCUT2D eigenvalue weighted by Crippen LogP contribution is -2.48. The zero-order valence-electron chi connectivity index (χ0n) is 12.3. The number of carbonyl (C=O) groups is 2. The van der Waals surface area contributed by atoms with Crippen molar-refractivity contribution in [2.75, 3.05) is 13.1 Å². The molecule has 3 rings (SSSR count). The van der Waals surface area contributed by atoms with Crippen LogP contribution in [0.15, 0.2) is 0 Å². The van der Waals surface area contributed by atoms with E-state index in [9.17, 15) is 9.59 Å². The monoisotopic (exact) mass is 278 g/mol. The van der Waals surface area contributed by atoms with Gasteiger partial charge in [-0.3, -0.25) is 9.59 Å². The first-order valence-corrected chi connectivity index (χ1v) is 8.33. The zero-order valence-corrected chi connectivity index (χ0v) is 12.3.